The van der Waals surface area contributed by atoms with Crippen molar-refractivity contribution in [3.8, 4) is 5.82 Å². The van der Waals surface area contributed by atoms with E-state index in [2.05, 4.69) is 15.4 Å². The first kappa shape index (κ1) is 20.0. The van der Waals surface area contributed by atoms with Crippen molar-refractivity contribution in [2.24, 2.45) is 0 Å². The highest BCUT2D eigenvalue weighted by molar-refractivity contribution is 7.92. The Morgan fingerprint density at radius 1 is 1.00 bits per heavy atom. The first-order chi connectivity index (χ1) is 15.5. The van der Waals surface area contributed by atoms with Crippen molar-refractivity contribution >= 4 is 27.3 Å². The van der Waals surface area contributed by atoms with Gasteiger partial charge in [-0.25, -0.2) is 18.1 Å². The number of carbonyl (C=O) groups is 1. The fraction of sp³-hybridized carbons (Fsp3) is 0.0870. The number of fused-ring (bicyclic) bond motifs is 1. The minimum absolute atomic E-state index is 0.0778. The van der Waals surface area contributed by atoms with E-state index in [1.54, 1.807) is 53.5 Å². The molecule has 0 bridgehead atoms. The number of amides is 1. The zero-order valence-corrected chi connectivity index (χ0v) is 17.7. The molecule has 2 aromatic carbocycles. The zero-order chi connectivity index (χ0) is 22.1. The van der Waals surface area contributed by atoms with Crippen LogP contribution in [0.5, 0.6) is 0 Å². The van der Waals surface area contributed by atoms with Gasteiger partial charge in [-0.1, -0.05) is 24.3 Å². The molecule has 0 saturated heterocycles. The number of carbonyl (C=O) groups excluding carboxylic acids is 1. The van der Waals surface area contributed by atoms with Gasteiger partial charge in [-0.05, 0) is 54.4 Å². The number of para-hydroxylation sites is 1. The molecule has 0 radical (unpaired) electrons. The van der Waals surface area contributed by atoms with Crippen molar-refractivity contribution in [3.05, 3.63) is 96.4 Å². The number of aromatic nitrogens is 3. The Balaban J connectivity index is 1.36. The Kier molecular flexibility index (Phi) is 4.95. The summed E-state index contributed by atoms with van der Waals surface area (Å²) in [4.78, 5) is 17.1. The Hall–Kier alpha value is -3.98. The molecule has 9 heteroatoms. The van der Waals surface area contributed by atoms with Crippen molar-refractivity contribution < 1.29 is 13.2 Å². The van der Waals surface area contributed by atoms with Crippen LogP contribution in [-0.2, 0) is 16.4 Å². The van der Waals surface area contributed by atoms with Crippen LogP contribution in [0, 0.1) is 0 Å². The summed E-state index contributed by atoms with van der Waals surface area (Å²) in [7, 11) is -3.78. The average Bonchev–Trinajstić information content (AvgIpc) is 3.50. The van der Waals surface area contributed by atoms with E-state index in [9.17, 15) is 13.2 Å². The summed E-state index contributed by atoms with van der Waals surface area (Å²) in [5.41, 5.74) is 2.42. The molecule has 0 unspecified atom stereocenters. The van der Waals surface area contributed by atoms with Crippen LogP contribution in [0.2, 0.25) is 0 Å². The largest absolute Gasteiger partial charge is 0.321 e. The lowest BCUT2D eigenvalue weighted by molar-refractivity contribution is 0.102. The minimum atomic E-state index is -3.78. The third-order valence-corrected chi connectivity index (χ3v) is 7.08. The predicted molar refractivity (Wildman–Crippen MR) is 120 cm³/mol. The van der Waals surface area contributed by atoms with Crippen LogP contribution in [-0.4, -0.2) is 35.6 Å². The number of rotatable bonds is 5. The van der Waals surface area contributed by atoms with E-state index < -0.39 is 15.9 Å². The number of pyridine rings is 1. The van der Waals surface area contributed by atoms with Crippen molar-refractivity contribution in [2.75, 3.05) is 16.2 Å². The van der Waals surface area contributed by atoms with Gasteiger partial charge in [0.25, 0.3) is 15.9 Å². The Bertz CT molecular complexity index is 1380. The summed E-state index contributed by atoms with van der Waals surface area (Å²) >= 11 is 0. The monoisotopic (exact) mass is 445 g/mol. The highest BCUT2D eigenvalue weighted by atomic mass is 32.2. The lowest BCUT2D eigenvalue weighted by atomic mass is 10.2. The Morgan fingerprint density at radius 2 is 1.88 bits per heavy atom. The molecular weight excluding hydrogens is 426 g/mol. The highest BCUT2D eigenvalue weighted by Gasteiger charge is 2.30. The summed E-state index contributed by atoms with van der Waals surface area (Å²) in [6.07, 6.45) is 5.61. The van der Waals surface area contributed by atoms with Gasteiger partial charge in [0.05, 0.1) is 22.5 Å². The molecule has 160 valence electrons. The molecule has 1 aliphatic heterocycles. The second-order valence-corrected chi connectivity index (χ2v) is 9.16. The average molecular weight is 446 g/mol. The van der Waals surface area contributed by atoms with Crippen LogP contribution in [0.4, 0.5) is 11.4 Å². The van der Waals surface area contributed by atoms with E-state index in [-0.39, 0.29) is 10.5 Å². The normalized spacial score (nSPS) is 13.1. The third kappa shape index (κ3) is 3.63. The van der Waals surface area contributed by atoms with Crippen molar-refractivity contribution in [1.29, 1.82) is 0 Å². The maximum absolute atomic E-state index is 13.3. The maximum atomic E-state index is 13.3. The molecule has 0 aliphatic carbocycles. The maximum Gasteiger partial charge on any atom is 0.264 e. The standard InChI is InChI=1S/C23H19N5O3S/c29-23(26-19-9-10-22(24-16-19)27-13-4-12-25-27)18-6-3-7-20(15-18)32(30,31)28-14-11-17-5-1-2-8-21(17)28/h1-10,12-13,15-16H,11,14H2,(H,26,29). The smallest absolute Gasteiger partial charge is 0.264 e. The summed E-state index contributed by atoms with van der Waals surface area (Å²) < 4.78 is 29.5. The summed E-state index contributed by atoms with van der Waals surface area (Å²) in [6, 6.07) is 18.7. The molecule has 32 heavy (non-hydrogen) atoms. The third-order valence-electron chi connectivity index (χ3n) is 5.27. The second-order valence-electron chi connectivity index (χ2n) is 7.29. The lowest BCUT2D eigenvalue weighted by Gasteiger charge is -2.20. The zero-order valence-electron chi connectivity index (χ0n) is 16.9. The van der Waals surface area contributed by atoms with Gasteiger partial charge in [0.1, 0.15) is 0 Å². The summed E-state index contributed by atoms with van der Waals surface area (Å²) in [6.45, 7) is 0.381. The van der Waals surface area contributed by atoms with Gasteiger partial charge in [-0.2, -0.15) is 5.10 Å². The summed E-state index contributed by atoms with van der Waals surface area (Å²) in [5, 5.41) is 6.87. The molecule has 4 aromatic rings. The van der Waals surface area contributed by atoms with Crippen molar-refractivity contribution in [3.63, 3.8) is 0 Å². The molecule has 0 saturated carbocycles. The van der Waals surface area contributed by atoms with E-state index in [1.807, 2.05) is 18.2 Å². The fourth-order valence-electron chi connectivity index (χ4n) is 3.69. The van der Waals surface area contributed by atoms with Gasteiger partial charge in [-0.3, -0.25) is 9.10 Å². The molecule has 1 aliphatic rings. The SMILES string of the molecule is O=C(Nc1ccc(-n2cccn2)nc1)c1cccc(S(=O)(=O)N2CCc3ccccc32)c1. The van der Waals surface area contributed by atoms with Gasteiger partial charge < -0.3 is 5.32 Å². The second kappa shape index (κ2) is 7.93. The molecule has 5 rings (SSSR count). The molecule has 1 N–H and O–H groups in total. The van der Waals surface area contributed by atoms with Gasteiger partial charge in [-0.15, -0.1) is 0 Å². The Labute approximate surface area is 185 Å². The molecule has 0 atom stereocenters. The van der Waals surface area contributed by atoms with Crippen molar-refractivity contribution in [1.82, 2.24) is 14.8 Å². The highest BCUT2D eigenvalue weighted by Crippen LogP contribution is 2.32. The number of sulfonamides is 1. The number of benzene rings is 2. The topological polar surface area (TPSA) is 97.2 Å². The molecule has 0 spiro atoms. The predicted octanol–water partition coefficient (Wildman–Crippen LogP) is 3.27. The van der Waals surface area contributed by atoms with E-state index >= 15 is 0 Å². The van der Waals surface area contributed by atoms with Gasteiger partial charge in [0, 0.05) is 24.5 Å². The number of hydrogen-bond acceptors (Lipinski definition) is 5. The fourth-order valence-corrected chi connectivity index (χ4v) is 5.24. The van der Waals surface area contributed by atoms with E-state index in [0.29, 0.717) is 30.2 Å². The number of nitrogens with one attached hydrogen (secondary N) is 1. The van der Waals surface area contributed by atoms with Crippen LogP contribution >= 0.6 is 0 Å². The van der Waals surface area contributed by atoms with E-state index in [4.69, 9.17) is 0 Å². The number of hydrogen-bond donors (Lipinski definition) is 1. The van der Waals surface area contributed by atoms with Gasteiger partial charge >= 0.3 is 0 Å². The van der Waals surface area contributed by atoms with Crippen LogP contribution < -0.4 is 9.62 Å². The van der Waals surface area contributed by atoms with Gasteiger partial charge in [0.2, 0.25) is 0 Å². The summed E-state index contributed by atoms with van der Waals surface area (Å²) in [5.74, 6) is 0.199. The Morgan fingerprint density at radius 3 is 2.66 bits per heavy atom. The lowest BCUT2D eigenvalue weighted by Crippen LogP contribution is -2.29. The first-order valence-electron chi connectivity index (χ1n) is 10.0. The van der Waals surface area contributed by atoms with E-state index in [1.165, 1.54) is 22.6 Å². The number of nitrogens with zero attached hydrogens (tertiary/aromatic N) is 4. The molecular formula is C23H19N5O3S. The van der Waals surface area contributed by atoms with Crippen LogP contribution in [0.25, 0.3) is 5.82 Å². The molecule has 3 heterocycles. The van der Waals surface area contributed by atoms with Crippen molar-refractivity contribution in [2.45, 2.75) is 11.3 Å². The van der Waals surface area contributed by atoms with Crippen LogP contribution in [0.3, 0.4) is 0 Å². The van der Waals surface area contributed by atoms with Gasteiger partial charge in [0.15, 0.2) is 5.82 Å². The molecule has 8 nitrogen and oxygen atoms in total. The minimum Gasteiger partial charge on any atom is -0.321 e. The molecule has 2 aromatic heterocycles. The molecule has 0 fully saturated rings. The quantitative estimate of drug-likeness (QED) is 0.509. The molecule has 1 amide bonds. The first-order valence-corrected chi connectivity index (χ1v) is 11.4. The van der Waals surface area contributed by atoms with E-state index in [0.717, 1.165) is 5.56 Å². The van der Waals surface area contributed by atoms with Crippen LogP contribution in [0.1, 0.15) is 15.9 Å². The van der Waals surface area contributed by atoms with Crippen LogP contribution in [0.15, 0.2) is 90.2 Å². The number of anilines is 2.